The summed E-state index contributed by atoms with van der Waals surface area (Å²) in [5.41, 5.74) is 6.55. The number of rotatable bonds is 6. The van der Waals surface area contributed by atoms with Crippen LogP contribution in [0.25, 0.3) is 11.3 Å². The number of nitrogens with zero attached hydrogens (tertiary/aromatic N) is 6. The summed E-state index contributed by atoms with van der Waals surface area (Å²) in [7, 11) is 0. The van der Waals surface area contributed by atoms with Crippen LogP contribution in [0.4, 0.5) is 5.95 Å². The van der Waals surface area contributed by atoms with Crippen molar-refractivity contribution in [3.63, 3.8) is 0 Å². The van der Waals surface area contributed by atoms with E-state index in [1.807, 2.05) is 17.7 Å². The van der Waals surface area contributed by atoms with Crippen LogP contribution in [0.1, 0.15) is 54.7 Å². The number of fused-ring (bicyclic) bond motifs is 1. The number of aryl methyl sites for hydroxylation is 4. The van der Waals surface area contributed by atoms with Crippen molar-refractivity contribution in [1.82, 2.24) is 29.7 Å². The van der Waals surface area contributed by atoms with E-state index in [2.05, 4.69) is 45.4 Å². The lowest BCUT2D eigenvalue weighted by molar-refractivity contribution is 0.598. The highest BCUT2D eigenvalue weighted by atomic mass is 15.3. The van der Waals surface area contributed by atoms with E-state index in [1.54, 1.807) is 6.20 Å². The predicted octanol–water partition coefficient (Wildman–Crippen LogP) is 3.65. The van der Waals surface area contributed by atoms with Gasteiger partial charge in [0.15, 0.2) is 0 Å². The fourth-order valence-electron chi connectivity index (χ4n) is 3.79. The van der Waals surface area contributed by atoms with Crippen LogP contribution in [0.3, 0.4) is 0 Å². The van der Waals surface area contributed by atoms with E-state index in [0.717, 1.165) is 54.3 Å². The minimum absolute atomic E-state index is 0.519. The predicted molar refractivity (Wildman–Crippen MR) is 109 cm³/mol. The van der Waals surface area contributed by atoms with Crippen molar-refractivity contribution in [2.75, 3.05) is 5.32 Å². The highest BCUT2D eigenvalue weighted by Gasteiger charge is 2.15. The Labute approximate surface area is 165 Å². The summed E-state index contributed by atoms with van der Waals surface area (Å²) in [5.74, 6) is 1.39. The second-order valence-electron chi connectivity index (χ2n) is 7.37. The zero-order chi connectivity index (χ0) is 19.5. The fourth-order valence-corrected chi connectivity index (χ4v) is 3.79. The van der Waals surface area contributed by atoms with Crippen molar-refractivity contribution in [1.29, 1.82) is 0 Å². The number of hydrogen-bond acceptors (Lipinski definition) is 6. The maximum atomic E-state index is 4.77. The fraction of sp³-hybridized carbons (Fsp3) is 0.476. The Hall–Kier alpha value is -2.83. The van der Waals surface area contributed by atoms with Gasteiger partial charge in [-0.3, -0.25) is 4.68 Å². The third-order valence-electron chi connectivity index (χ3n) is 5.17. The third-order valence-corrected chi connectivity index (χ3v) is 5.17. The molecule has 7 nitrogen and oxygen atoms in total. The summed E-state index contributed by atoms with van der Waals surface area (Å²) in [4.78, 5) is 18.5. The molecule has 7 heteroatoms. The molecule has 3 heterocycles. The van der Waals surface area contributed by atoms with E-state index >= 15 is 0 Å². The smallest absolute Gasteiger partial charge is 0.223 e. The summed E-state index contributed by atoms with van der Waals surface area (Å²) in [6.45, 7) is 7.68. The van der Waals surface area contributed by atoms with Gasteiger partial charge < -0.3 is 5.32 Å². The molecule has 0 amide bonds. The Kier molecular flexibility index (Phi) is 5.32. The number of nitrogens with one attached hydrogen (secondary N) is 1. The first-order valence-electron chi connectivity index (χ1n) is 10.1. The van der Waals surface area contributed by atoms with E-state index in [4.69, 9.17) is 4.98 Å². The molecule has 0 radical (unpaired) electrons. The van der Waals surface area contributed by atoms with Gasteiger partial charge in [0.1, 0.15) is 5.82 Å². The monoisotopic (exact) mass is 377 g/mol. The Morgan fingerprint density at radius 3 is 2.79 bits per heavy atom. The number of hydrogen-bond donors (Lipinski definition) is 1. The van der Waals surface area contributed by atoms with Crippen molar-refractivity contribution in [2.45, 2.75) is 66.0 Å². The van der Waals surface area contributed by atoms with Gasteiger partial charge in [-0.05, 0) is 57.6 Å². The Balaban J connectivity index is 1.51. The SMILES string of the molecule is CCCn1cc(-c2ccnc(NCc3nc(C)c4c(n3)CCCC4)n2)c(C)n1. The van der Waals surface area contributed by atoms with Crippen LogP contribution in [-0.2, 0) is 25.9 Å². The standard InChI is InChI=1S/C21H27N7/c1-4-11-28-13-17(15(3)27-28)19-9-10-22-21(26-19)23-12-20-24-14(2)16-7-5-6-8-18(16)25-20/h9-10,13H,4-8,11-12H2,1-3H3,(H,22,23,26). The molecular weight excluding hydrogens is 350 g/mol. The maximum absolute atomic E-state index is 4.77. The van der Waals surface area contributed by atoms with Gasteiger partial charge in [-0.2, -0.15) is 5.10 Å². The first-order valence-corrected chi connectivity index (χ1v) is 10.1. The van der Waals surface area contributed by atoms with E-state index < -0.39 is 0 Å². The van der Waals surface area contributed by atoms with Gasteiger partial charge in [0.2, 0.25) is 5.95 Å². The lowest BCUT2D eigenvalue weighted by Gasteiger charge is -2.17. The second-order valence-corrected chi connectivity index (χ2v) is 7.37. The molecule has 0 aromatic carbocycles. The summed E-state index contributed by atoms with van der Waals surface area (Å²) in [5, 5.41) is 7.85. The van der Waals surface area contributed by atoms with Crippen LogP contribution in [0.2, 0.25) is 0 Å². The Morgan fingerprint density at radius 1 is 1.07 bits per heavy atom. The van der Waals surface area contributed by atoms with E-state index in [0.29, 0.717) is 12.5 Å². The van der Waals surface area contributed by atoms with Crippen molar-refractivity contribution in [3.8, 4) is 11.3 Å². The van der Waals surface area contributed by atoms with Gasteiger partial charge in [-0.1, -0.05) is 6.92 Å². The van der Waals surface area contributed by atoms with Crippen LogP contribution < -0.4 is 5.32 Å². The molecule has 0 bridgehead atoms. The molecule has 3 aromatic rings. The molecule has 4 rings (SSSR count). The third kappa shape index (κ3) is 3.88. The van der Waals surface area contributed by atoms with Crippen molar-refractivity contribution < 1.29 is 0 Å². The number of aromatic nitrogens is 6. The zero-order valence-electron chi connectivity index (χ0n) is 16.9. The molecule has 0 spiro atoms. The van der Waals surface area contributed by atoms with Gasteiger partial charge >= 0.3 is 0 Å². The normalized spacial score (nSPS) is 13.4. The first-order chi connectivity index (χ1) is 13.6. The van der Waals surface area contributed by atoms with Gasteiger partial charge in [0.05, 0.1) is 17.9 Å². The number of anilines is 1. The maximum Gasteiger partial charge on any atom is 0.223 e. The lowest BCUT2D eigenvalue weighted by atomic mass is 9.95. The lowest BCUT2D eigenvalue weighted by Crippen LogP contribution is -2.14. The van der Waals surface area contributed by atoms with Crippen LogP contribution in [0, 0.1) is 13.8 Å². The molecule has 1 N–H and O–H groups in total. The minimum Gasteiger partial charge on any atom is -0.347 e. The highest BCUT2D eigenvalue weighted by molar-refractivity contribution is 5.61. The van der Waals surface area contributed by atoms with Crippen molar-refractivity contribution >= 4 is 5.95 Å². The Bertz CT molecular complexity index is 977. The molecule has 146 valence electrons. The minimum atomic E-state index is 0.519. The molecule has 1 aliphatic carbocycles. The molecule has 0 aliphatic heterocycles. The van der Waals surface area contributed by atoms with Gasteiger partial charge in [0.25, 0.3) is 0 Å². The van der Waals surface area contributed by atoms with Crippen molar-refractivity contribution in [2.24, 2.45) is 0 Å². The van der Waals surface area contributed by atoms with Crippen LogP contribution in [0.15, 0.2) is 18.5 Å². The molecule has 1 aliphatic rings. The largest absolute Gasteiger partial charge is 0.347 e. The van der Waals surface area contributed by atoms with Gasteiger partial charge in [-0.25, -0.2) is 19.9 Å². The van der Waals surface area contributed by atoms with E-state index in [9.17, 15) is 0 Å². The molecular formula is C21H27N7. The zero-order valence-corrected chi connectivity index (χ0v) is 16.9. The van der Waals surface area contributed by atoms with E-state index in [1.165, 1.54) is 24.1 Å². The summed E-state index contributed by atoms with van der Waals surface area (Å²) < 4.78 is 1.98. The summed E-state index contributed by atoms with van der Waals surface area (Å²) in [6.07, 6.45) is 9.50. The average molecular weight is 377 g/mol. The quantitative estimate of drug-likeness (QED) is 0.706. The summed E-state index contributed by atoms with van der Waals surface area (Å²) >= 11 is 0. The highest BCUT2D eigenvalue weighted by Crippen LogP contribution is 2.23. The average Bonchev–Trinajstić information content (AvgIpc) is 3.07. The van der Waals surface area contributed by atoms with Gasteiger partial charge in [-0.15, -0.1) is 0 Å². The van der Waals surface area contributed by atoms with Crippen LogP contribution >= 0.6 is 0 Å². The molecule has 0 unspecified atom stereocenters. The molecule has 0 fully saturated rings. The molecule has 0 saturated heterocycles. The topological polar surface area (TPSA) is 81.4 Å². The first kappa shape index (κ1) is 18.5. The second kappa shape index (κ2) is 8.04. The molecule has 28 heavy (non-hydrogen) atoms. The van der Waals surface area contributed by atoms with Gasteiger partial charge in [0, 0.05) is 35.9 Å². The van der Waals surface area contributed by atoms with Crippen LogP contribution in [-0.4, -0.2) is 29.7 Å². The van der Waals surface area contributed by atoms with Crippen LogP contribution in [0.5, 0.6) is 0 Å². The molecule has 0 saturated carbocycles. The summed E-state index contributed by atoms with van der Waals surface area (Å²) in [6, 6.07) is 1.92. The molecule has 0 atom stereocenters. The van der Waals surface area contributed by atoms with Crippen molar-refractivity contribution in [3.05, 3.63) is 46.9 Å². The van der Waals surface area contributed by atoms with E-state index in [-0.39, 0.29) is 0 Å². The Morgan fingerprint density at radius 2 is 1.93 bits per heavy atom. The molecule has 3 aromatic heterocycles.